The van der Waals surface area contributed by atoms with E-state index in [0.29, 0.717) is 22.5 Å². The van der Waals surface area contributed by atoms with Gasteiger partial charge in [-0.05, 0) is 37.4 Å². The summed E-state index contributed by atoms with van der Waals surface area (Å²) in [7, 11) is 0. The van der Waals surface area contributed by atoms with Crippen LogP contribution >= 0.6 is 11.8 Å². The molecule has 1 saturated carbocycles. The molecule has 3 heterocycles. The van der Waals surface area contributed by atoms with Gasteiger partial charge in [0.25, 0.3) is 5.91 Å². The Kier molecular flexibility index (Phi) is 3.38. The average Bonchev–Trinajstić information content (AvgIpc) is 3.33. The number of carbonyl (C=O) groups excluding carboxylic acids is 1. The second kappa shape index (κ2) is 5.31. The van der Waals surface area contributed by atoms with Gasteiger partial charge in [0.2, 0.25) is 0 Å². The molecular formula is C16H17N5OS. The lowest BCUT2D eigenvalue weighted by Crippen LogP contribution is -2.43. The quantitative estimate of drug-likeness (QED) is 0.774. The van der Waals surface area contributed by atoms with E-state index in [-0.39, 0.29) is 11.1 Å². The fourth-order valence-electron chi connectivity index (χ4n) is 3.46. The van der Waals surface area contributed by atoms with Crippen LogP contribution in [0, 0.1) is 16.7 Å². The molecule has 23 heavy (non-hydrogen) atoms. The summed E-state index contributed by atoms with van der Waals surface area (Å²) < 4.78 is 0. The number of thioether (sulfide) groups is 1. The zero-order valence-electron chi connectivity index (χ0n) is 12.9. The highest BCUT2D eigenvalue weighted by Gasteiger charge is 2.46. The van der Waals surface area contributed by atoms with Gasteiger partial charge in [0.05, 0.1) is 11.9 Å². The summed E-state index contributed by atoms with van der Waals surface area (Å²) in [5.41, 5.74) is 2.24. The summed E-state index contributed by atoms with van der Waals surface area (Å²) in [5.74, 6) is -0.475. The van der Waals surface area contributed by atoms with Gasteiger partial charge in [-0.2, -0.15) is 5.26 Å². The smallest absolute Gasteiger partial charge is 0.290 e. The molecule has 0 aromatic rings. The van der Waals surface area contributed by atoms with Crippen LogP contribution in [0.3, 0.4) is 0 Å². The van der Waals surface area contributed by atoms with Crippen LogP contribution in [-0.4, -0.2) is 53.3 Å². The summed E-state index contributed by atoms with van der Waals surface area (Å²) in [4.78, 5) is 27.2. The van der Waals surface area contributed by atoms with Crippen molar-refractivity contribution in [3.63, 3.8) is 0 Å². The SMILES string of the molecule is CSC1N=CC2=NC(=O)C(C#N)=C(N3CCC4(CC3)CC4)C2=N1. The second-order valence-electron chi connectivity index (χ2n) is 6.44. The number of carbonyl (C=O) groups is 1. The molecule has 4 aliphatic rings. The molecule has 2 fully saturated rings. The van der Waals surface area contributed by atoms with Crippen LogP contribution in [0.4, 0.5) is 0 Å². The zero-order chi connectivity index (χ0) is 16.0. The maximum absolute atomic E-state index is 12.2. The monoisotopic (exact) mass is 327 g/mol. The van der Waals surface area contributed by atoms with Crippen molar-refractivity contribution in [1.82, 2.24) is 4.90 Å². The lowest BCUT2D eigenvalue weighted by molar-refractivity contribution is -0.114. The maximum Gasteiger partial charge on any atom is 0.290 e. The first kappa shape index (κ1) is 14.6. The van der Waals surface area contributed by atoms with Crippen molar-refractivity contribution in [2.75, 3.05) is 19.3 Å². The molecule has 1 aliphatic carbocycles. The highest BCUT2D eigenvalue weighted by Crippen LogP contribution is 2.54. The predicted octanol–water partition coefficient (Wildman–Crippen LogP) is 1.79. The van der Waals surface area contributed by atoms with E-state index in [4.69, 9.17) is 0 Å². The Balaban J connectivity index is 1.72. The molecule has 1 unspecified atom stereocenters. The molecule has 3 aliphatic heterocycles. The molecule has 0 aromatic carbocycles. The van der Waals surface area contributed by atoms with E-state index in [1.165, 1.54) is 24.6 Å². The lowest BCUT2D eigenvalue weighted by Gasteiger charge is -2.37. The number of rotatable bonds is 2. The normalized spacial score (nSPS) is 28.3. The molecule has 0 N–H and O–H groups in total. The van der Waals surface area contributed by atoms with Gasteiger partial charge in [0.1, 0.15) is 23.1 Å². The number of amides is 1. The third-order valence-electron chi connectivity index (χ3n) is 5.12. The van der Waals surface area contributed by atoms with Crippen LogP contribution in [-0.2, 0) is 4.79 Å². The molecule has 1 atom stereocenters. The lowest BCUT2D eigenvalue weighted by atomic mass is 9.91. The predicted molar refractivity (Wildman–Crippen MR) is 90.8 cm³/mol. The number of fused-ring (bicyclic) bond motifs is 1. The van der Waals surface area contributed by atoms with Gasteiger partial charge in [-0.15, -0.1) is 11.8 Å². The molecule has 7 heteroatoms. The fraction of sp³-hybridized carbons (Fsp3) is 0.562. The van der Waals surface area contributed by atoms with E-state index >= 15 is 0 Å². The highest BCUT2D eigenvalue weighted by atomic mass is 32.2. The third kappa shape index (κ3) is 2.41. The Morgan fingerprint density at radius 2 is 2.09 bits per heavy atom. The van der Waals surface area contributed by atoms with Crippen molar-refractivity contribution >= 4 is 35.3 Å². The van der Waals surface area contributed by atoms with Crippen LogP contribution in [0.5, 0.6) is 0 Å². The molecule has 0 bridgehead atoms. The summed E-state index contributed by atoms with van der Waals surface area (Å²) in [6.45, 7) is 1.75. The number of dihydropyridines is 1. The third-order valence-corrected chi connectivity index (χ3v) is 5.77. The first-order valence-corrected chi connectivity index (χ1v) is 9.11. The molecule has 0 aromatic heterocycles. The summed E-state index contributed by atoms with van der Waals surface area (Å²) in [6.07, 6.45) is 8.44. The molecule has 118 valence electrons. The first-order chi connectivity index (χ1) is 11.2. The van der Waals surface area contributed by atoms with Gasteiger partial charge in [-0.1, -0.05) is 0 Å². The number of nitriles is 1. The van der Waals surface area contributed by atoms with Crippen molar-refractivity contribution in [2.24, 2.45) is 20.4 Å². The van der Waals surface area contributed by atoms with Gasteiger partial charge in [0, 0.05) is 13.1 Å². The van der Waals surface area contributed by atoms with E-state index in [1.807, 2.05) is 6.26 Å². The van der Waals surface area contributed by atoms with Crippen LogP contribution < -0.4 is 0 Å². The topological polar surface area (TPSA) is 81.2 Å². The second-order valence-corrected chi connectivity index (χ2v) is 7.34. The van der Waals surface area contributed by atoms with E-state index in [0.717, 1.165) is 25.9 Å². The van der Waals surface area contributed by atoms with Gasteiger partial charge in [-0.3, -0.25) is 9.79 Å². The Morgan fingerprint density at radius 1 is 1.35 bits per heavy atom. The Labute approximate surface area is 139 Å². The van der Waals surface area contributed by atoms with Crippen molar-refractivity contribution in [3.8, 4) is 6.07 Å². The molecule has 1 amide bonds. The van der Waals surface area contributed by atoms with E-state index in [1.54, 1.807) is 6.21 Å². The molecule has 6 nitrogen and oxygen atoms in total. The van der Waals surface area contributed by atoms with E-state index < -0.39 is 5.91 Å². The summed E-state index contributed by atoms with van der Waals surface area (Å²) in [6, 6.07) is 2.05. The first-order valence-electron chi connectivity index (χ1n) is 7.83. The standard InChI is InChI=1S/C16H17N5OS/c1-23-15-18-9-11-12(20-15)13(10(8-17)14(22)19-11)21-6-4-16(2-3-16)5-7-21/h9,15H,2-7H2,1H3. The van der Waals surface area contributed by atoms with Crippen LogP contribution in [0.15, 0.2) is 26.2 Å². The number of likely N-dealkylation sites (tertiary alicyclic amines) is 1. The number of piperidine rings is 1. The van der Waals surface area contributed by atoms with Gasteiger partial charge < -0.3 is 4.90 Å². The zero-order valence-corrected chi connectivity index (χ0v) is 13.8. The Hall–Kier alpha value is -1.94. The van der Waals surface area contributed by atoms with Crippen molar-refractivity contribution in [3.05, 3.63) is 11.3 Å². The molecule has 1 saturated heterocycles. The molecule has 0 radical (unpaired) electrons. The number of aliphatic imine (C=N–C) groups is 3. The van der Waals surface area contributed by atoms with Gasteiger partial charge >= 0.3 is 0 Å². The maximum atomic E-state index is 12.2. The largest absolute Gasteiger partial charge is 0.368 e. The molecular weight excluding hydrogens is 310 g/mol. The van der Waals surface area contributed by atoms with Crippen molar-refractivity contribution in [2.45, 2.75) is 31.2 Å². The minimum absolute atomic E-state index is 0.120. The van der Waals surface area contributed by atoms with Crippen LogP contribution in [0.1, 0.15) is 25.7 Å². The van der Waals surface area contributed by atoms with Gasteiger partial charge in [-0.25, -0.2) is 9.98 Å². The number of hydrogen-bond acceptors (Lipinski definition) is 6. The van der Waals surface area contributed by atoms with Crippen molar-refractivity contribution in [1.29, 1.82) is 5.26 Å². The van der Waals surface area contributed by atoms with E-state index in [9.17, 15) is 10.1 Å². The number of hydrogen-bond donors (Lipinski definition) is 0. The highest BCUT2D eigenvalue weighted by molar-refractivity contribution is 7.99. The molecule has 4 rings (SSSR count). The minimum atomic E-state index is -0.475. The van der Waals surface area contributed by atoms with Gasteiger partial charge in [0.15, 0.2) is 5.50 Å². The Morgan fingerprint density at radius 3 is 2.70 bits per heavy atom. The van der Waals surface area contributed by atoms with Crippen molar-refractivity contribution < 1.29 is 4.79 Å². The Bertz CT molecular complexity index is 728. The van der Waals surface area contributed by atoms with Crippen LogP contribution in [0.2, 0.25) is 0 Å². The van der Waals surface area contributed by atoms with E-state index in [2.05, 4.69) is 25.9 Å². The summed E-state index contributed by atoms with van der Waals surface area (Å²) >= 11 is 1.52. The summed E-state index contributed by atoms with van der Waals surface area (Å²) in [5, 5.41) is 9.47. The molecule has 1 spiro atoms. The van der Waals surface area contributed by atoms with Crippen LogP contribution in [0.25, 0.3) is 0 Å². The minimum Gasteiger partial charge on any atom is -0.368 e. The average molecular weight is 327 g/mol. The fourth-order valence-corrected chi connectivity index (χ4v) is 3.85. The number of allylic oxidation sites excluding steroid dienone is 1. The number of nitrogens with zero attached hydrogens (tertiary/aromatic N) is 5.